The Labute approximate surface area is 139 Å². The molecule has 0 aliphatic rings. The normalized spacial score (nSPS) is 12.0. The molecule has 0 saturated carbocycles. The Morgan fingerprint density at radius 3 is 3.08 bits per heavy atom. The molecule has 0 fully saturated rings. The van der Waals surface area contributed by atoms with Gasteiger partial charge >= 0.3 is 5.97 Å². The molecule has 3 rings (SSSR count). The van der Waals surface area contributed by atoms with Crippen LogP contribution in [0.1, 0.15) is 23.2 Å². The Hall–Kier alpha value is -2.94. The highest BCUT2D eigenvalue weighted by Crippen LogP contribution is 2.07. The second-order valence-corrected chi connectivity index (χ2v) is 5.79. The lowest BCUT2D eigenvalue weighted by Gasteiger charge is -2.12. The minimum absolute atomic E-state index is 0.104. The van der Waals surface area contributed by atoms with Crippen molar-refractivity contribution in [2.45, 2.75) is 19.6 Å². The van der Waals surface area contributed by atoms with Crippen LogP contribution in [0.25, 0.3) is 4.96 Å². The third kappa shape index (κ3) is 3.35. The Bertz CT molecular complexity index is 928. The number of nitrogens with one attached hydrogen (secondary N) is 1. The molecule has 1 atom stereocenters. The molecule has 0 bridgehead atoms. The van der Waals surface area contributed by atoms with E-state index in [1.54, 1.807) is 17.6 Å². The molecular formula is C15H13N3O5S. The number of nitrogens with zero attached hydrogens (tertiary/aromatic N) is 2. The average Bonchev–Trinajstić information content (AvgIpc) is 3.23. The topological polar surface area (TPSA) is 103 Å². The summed E-state index contributed by atoms with van der Waals surface area (Å²) < 4.78 is 11.4. The number of hydrogen-bond donors (Lipinski definition) is 1. The van der Waals surface area contributed by atoms with Gasteiger partial charge < -0.3 is 14.5 Å². The van der Waals surface area contributed by atoms with Crippen LogP contribution in [0, 0.1) is 0 Å². The lowest BCUT2D eigenvalue weighted by atomic mass is 10.3. The minimum atomic E-state index is -0.867. The van der Waals surface area contributed by atoms with Gasteiger partial charge in [0.05, 0.1) is 12.0 Å². The van der Waals surface area contributed by atoms with Gasteiger partial charge in [0.1, 0.15) is 12.6 Å². The molecule has 3 heterocycles. The molecule has 3 aromatic heterocycles. The van der Waals surface area contributed by atoms with E-state index in [4.69, 9.17) is 9.15 Å². The zero-order chi connectivity index (χ0) is 17.1. The van der Waals surface area contributed by atoms with Gasteiger partial charge in [0.15, 0.2) is 10.7 Å². The summed E-state index contributed by atoms with van der Waals surface area (Å²) in [6.45, 7) is 1.34. The summed E-state index contributed by atoms with van der Waals surface area (Å²) in [4.78, 5) is 40.3. The maximum atomic E-state index is 11.9. The molecule has 0 aliphatic heterocycles. The van der Waals surface area contributed by atoms with E-state index in [9.17, 15) is 14.4 Å². The number of ether oxygens (including phenoxy) is 1. The van der Waals surface area contributed by atoms with Gasteiger partial charge in [-0.3, -0.25) is 14.0 Å². The molecule has 9 heteroatoms. The standard InChI is InChI=1S/C15H13N3O5S/c1-9(16-13(20)11-3-2-5-22-11)14(21)23-8-10-7-12(19)18-4-6-24-15(18)17-10/h2-7,9H,8H2,1H3,(H,16,20)/t9-/m0/s1. The SMILES string of the molecule is C[C@H](NC(=O)c1ccco1)C(=O)OCc1cc(=O)n2ccsc2n1. The van der Waals surface area contributed by atoms with Crippen LogP contribution in [0.2, 0.25) is 0 Å². The van der Waals surface area contributed by atoms with Crippen molar-refractivity contribution < 1.29 is 18.7 Å². The number of carbonyl (C=O) groups is 2. The molecule has 0 aliphatic carbocycles. The first-order valence-corrected chi connectivity index (χ1v) is 7.89. The number of furan rings is 1. The average molecular weight is 347 g/mol. The summed E-state index contributed by atoms with van der Waals surface area (Å²) in [6.07, 6.45) is 2.99. The summed E-state index contributed by atoms with van der Waals surface area (Å²) in [7, 11) is 0. The lowest BCUT2D eigenvalue weighted by Crippen LogP contribution is -2.39. The Balaban J connectivity index is 1.59. The van der Waals surface area contributed by atoms with Crippen LogP contribution in [0.15, 0.2) is 45.3 Å². The van der Waals surface area contributed by atoms with E-state index in [0.29, 0.717) is 10.7 Å². The minimum Gasteiger partial charge on any atom is -0.459 e. The van der Waals surface area contributed by atoms with Gasteiger partial charge in [-0.25, -0.2) is 9.78 Å². The fourth-order valence-corrected chi connectivity index (χ4v) is 2.70. The molecule has 0 saturated heterocycles. The quantitative estimate of drug-likeness (QED) is 0.696. The predicted octanol–water partition coefficient (Wildman–Crippen LogP) is 1.21. The van der Waals surface area contributed by atoms with Crippen molar-refractivity contribution in [2.24, 2.45) is 0 Å². The number of amides is 1. The zero-order valence-electron chi connectivity index (χ0n) is 12.6. The van der Waals surface area contributed by atoms with Crippen LogP contribution < -0.4 is 10.9 Å². The van der Waals surface area contributed by atoms with Crippen molar-refractivity contribution in [3.8, 4) is 0 Å². The van der Waals surface area contributed by atoms with Crippen LogP contribution in [0.3, 0.4) is 0 Å². The van der Waals surface area contributed by atoms with E-state index in [1.165, 1.54) is 41.1 Å². The Morgan fingerprint density at radius 1 is 1.50 bits per heavy atom. The van der Waals surface area contributed by atoms with Crippen molar-refractivity contribution in [3.63, 3.8) is 0 Å². The second-order valence-electron chi connectivity index (χ2n) is 4.92. The molecule has 24 heavy (non-hydrogen) atoms. The predicted molar refractivity (Wildman–Crippen MR) is 84.8 cm³/mol. The summed E-state index contributed by atoms with van der Waals surface area (Å²) >= 11 is 1.31. The fraction of sp³-hybridized carbons (Fsp3) is 0.200. The van der Waals surface area contributed by atoms with Crippen molar-refractivity contribution >= 4 is 28.2 Å². The van der Waals surface area contributed by atoms with E-state index >= 15 is 0 Å². The van der Waals surface area contributed by atoms with Crippen LogP contribution in [0.5, 0.6) is 0 Å². The molecule has 1 N–H and O–H groups in total. The highest BCUT2D eigenvalue weighted by Gasteiger charge is 2.19. The van der Waals surface area contributed by atoms with Gasteiger partial charge in [-0.15, -0.1) is 11.3 Å². The summed E-state index contributed by atoms with van der Waals surface area (Å²) in [6, 6.07) is 3.50. The monoisotopic (exact) mass is 347 g/mol. The van der Waals surface area contributed by atoms with Gasteiger partial charge in [-0.1, -0.05) is 0 Å². The van der Waals surface area contributed by atoms with Crippen molar-refractivity contribution in [2.75, 3.05) is 0 Å². The summed E-state index contributed by atoms with van der Waals surface area (Å²) in [5.41, 5.74) is 0.104. The third-order valence-electron chi connectivity index (χ3n) is 3.16. The highest BCUT2D eigenvalue weighted by atomic mass is 32.1. The Morgan fingerprint density at radius 2 is 2.33 bits per heavy atom. The number of thiazole rings is 1. The van der Waals surface area contributed by atoms with Crippen LogP contribution in [0.4, 0.5) is 0 Å². The second kappa shape index (κ2) is 6.67. The fourth-order valence-electron chi connectivity index (χ4n) is 1.97. The first-order chi connectivity index (χ1) is 11.5. The maximum absolute atomic E-state index is 11.9. The number of esters is 1. The van der Waals surface area contributed by atoms with E-state index in [1.807, 2.05) is 0 Å². The largest absolute Gasteiger partial charge is 0.459 e. The summed E-state index contributed by atoms with van der Waals surface area (Å²) in [5, 5.41) is 4.21. The molecule has 0 unspecified atom stereocenters. The van der Waals surface area contributed by atoms with Crippen LogP contribution in [-0.2, 0) is 16.1 Å². The maximum Gasteiger partial charge on any atom is 0.328 e. The molecule has 8 nitrogen and oxygen atoms in total. The third-order valence-corrected chi connectivity index (χ3v) is 3.92. The van der Waals surface area contributed by atoms with Gasteiger partial charge in [0.25, 0.3) is 11.5 Å². The van der Waals surface area contributed by atoms with Crippen molar-refractivity contribution in [1.29, 1.82) is 0 Å². The lowest BCUT2D eigenvalue weighted by molar-refractivity contribution is -0.146. The Kier molecular flexibility index (Phi) is 4.43. The van der Waals surface area contributed by atoms with Gasteiger partial charge in [-0.2, -0.15) is 0 Å². The van der Waals surface area contributed by atoms with Crippen molar-refractivity contribution in [3.05, 3.63) is 57.8 Å². The first-order valence-electron chi connectivity index (χ1n) is 7.01. The number of rotatable bonds is 5. The van der Waals surface area contributed by atoms with Crippen molar-refractivity contribution in [1.82, 2.24) is 14.7 Å². The van der Waals surface area contributed by atoms with E-state index in [2.05, 4.69) is 10.3 Å². The molecule has 1 amide bonds. The molecule has 0 aromatic carbocycles. The smallest absolute Gasteiger partial charge is 0.328 e. The van der Waals surface area contributed by atoms with Gasteiger partial charge in [0.2, 0.25) is 0 Å². The van der Waals surface area contributed by atoms with Crippen LogP contribution in [-0.4, -0.2) is 27.3 Å². The van der Waals surface area contributed by atoms with E-state index in [0.717, 1.165) is 0 Å². The number of carbonyl (C=O) groups excluding carboxylic acids is 2. The van der Waals surface area contributed by atoms with E-state index in [-0.39, 0.29) is 17.9 Å². The number of aromatic nitrogens is 2. The molecule has 0 radical (unpaired) electrons. The number of hydrogen-bond acceptors (Lipinski definition) is 7. The van der Waals surface area contributed by atoms with Gasteiger partial charge in [0, 0.05) is 17.6 Å². The highest BCUT2D eigenvalue weighted by molar-refractivity contribution is 7.15. The number of fused-ring (bicyclic) bond motifs is 1. The molecule has 124 valence electrons. The first kappa shape index (κ1) is 15.9. The molecular weight excluding hydrogens is 334 g/mol. The zero-order valence-corrected chi connectivity index (χ0v) is 13.4. The summed E-state index contributed by atoms with van der Waals surface area (Å²) in [5.74, 6) is -1.05. The van der Waals surface area contributed by atoms with E-state index < -0.39 is 17.9 Å². The molecule has 0 spiro atoms. The molecule has 3 aromatic rings. The van der Waals surface area contributed by atoms with Gasteiger partial charge in [-0.05, 0) is 19.1 Å². The van der Waals surface area contributed by atoms with Crippen LogP contribution >= 0.6 is 11.3 Å².